The average molecular weight is 248 g/mol. The lowest BCUT2D eigenvalue weighted by molar-refractivity contribution is -0.138. The van der Waals surface area contributed by atoms with E-state index in [-0.39, 0.29) is 18.0 Å². The minimum atomic E-state index is -0.596. The minimum absolute atomic E-state index is 0.0435. The van der Waals surface area contributed by atoms with Crippen LogP contribution < -0.4 is 4.74 Å². The lowest BCUT2D eigenvalue weighted by Gasteiger charge is -2.06. The van der Waals surface area contributed by atoms with Gasteiger partial charge in [0.15, 0.2) is 5.78 Å². The maximum atomic E-state index is 12.1. The monoisotopic (exact) mass is 248 g/mol. The SMILES string of the molecule is C/C=C(\C(=O)OCC)C(=O)c1ccc(OC)cc1. The Labute approximate surface area is 106 Å². The van der Waals surface area contributed by atoms with Gasteiger partial charge in [0.2, 0.25) is 0 Å². The van der Waals surface area contributed by atoms with Crippen LogP contribution in [0.15, 0.2) is 35.9 Å². The molecular formula is C14H16O4. The number of benzene rings is 1. The first kappa shape index (κ1) is 14.0. The first-order valence-electron chi connectivity index (χ1n) is 5.66. The van der Waals surface area contributed by atoms with E-state index in [1.54, 1.807) is 45.2 Å². The maximum absolute atomic E-state index is 12.1. The van der Waals surface area contributed by atoms with Crippen LogP contribution in [0, 0.1) is 0 Å². The number of carbonyl (C=O) groups is 2. The van der Waals surface area contributed by atoms with Gasteiger partial charge in [0, 0.05) is 5.56 Å². The van der Waals surface area contributed by atoms with Crippen molar-refractivity contribution in [2.45, 2.75) is 13.8 Å². The highest BCUT2D eigenvalue weighted by atomic mass is 16.5. The molecule has 0 fully saturated rings. The van der Waals surface area contributed by atoms with E-state index >= 15 is 0 Å². The van der Waals surface area contributed by atoms with Gasteiger partial charge in [-0.1, -0.05) is 6.08 Å². The summed E-state index contributed by atoms with van der Waals surface area (Å²) in [6, 6.07) is 6.57. The molecule has 0 N–H and O–H groups in total. The Morgan fingerprint density at radius 3 is 2.28 bits per heavy atom. The summed E-state index contributed by atoms with van der Waals surface area (Å²) in [5.74, 6) is -0.288. The molecule has 0 saturated heterocycles. The molecule has 0 radical (unpaired) electrons. The summed E-state index contributed by atoms with van der Waals surface area (Å²) in [4.78, 5) is 23.7. The van der Waals surface area contributed by atoms with Gasteiger partial charge in [0.25, 0.3) is 0 Å². The van der Waals surface area contributed by atoms with Gasteiger partial charge in [-0.15, -0.1) is 0 Å². The molecule has 1 aromatic rings. The highest BCUT2D eigenvalue weighted by molar-refractivity contribution is 6.24. The Morgan fingerprint density at radius 1 is 1.22 bits per heavy atom. The highest BCUT2D eigenvalue weighted by Gasteiger charge is 2.19. The standard InChI is InChI=1S/C14H16O4/c1-4-12(14(16)18-5-2)13(15)10-6-8-11(17-3)9-7-10/h4,6-9H,5H2,1-3H3/b12-4-. The molecule has 1 aromatic carbocycles. The Kier molecular flexibility index (Phi) is 5.11. The van der Waals surface area contributed by atoms with E-state index in [1.165, 1.54) is 6.08 Å². The van der Waals surface area contributed by atoms with Crippen LogP contribution in [0.5, 0.6) is 5.75 Å². The average Bonchev–Trinajstić information content (AvgIpc) is 2.40. The van der Waals surface area contributed by atoms with Crippen molar-refractivity contribution < 1.29 is 19.1 Å². The van der Waals surface area contributed by atoms with Crippen LogP contribution in [-0.2, 0) is 9.53 Å². The number of ketones is 1. The second-order valence-electron chi connectivity index (χ2n) is 3.48. The molecule has 0 bridgehead atoms. The predicted octanol–water partition coefficient (Wildman–Crippen LogP) is 2.39. The largest absolute Gasteiger partial charge is 0.497 e. The van der Waals surface area contributed by atoms with Crippen LogP contribution in [0.25, 0.3) is 0 Å². The van der Waals surface area contributed by atoms with Gasteiger partial charge in [-0.05, 0) is 38.1 Å². The summed E-state index contributed by atoms with van der Waals surface area (Å²) in [6.07, 6.45) is 1.46. The van der Waals surface area contributed by atoms with Crippen molar-refractivity contribution in [1.82, 2.24) is 0 Å². The Bertz CT molecular complexity index is 457. The molecule has 4 heteroatoms. The third kappa shape index (κ3) is 3.20. The van der Waals surface area contributed by atoms with Crippen LogP contribution in [0.3, 0.4) is 0 Å². The Morgan fingerprint density at radius 2 is 1.83 bits per heavy atom. The van der Waals surface area contributed by atoms with Crippen LogP contribution in [-0.4, -0.2) is 25.5 Å². The van der Waals surface area contributed by atoms with E-state index in [4.69, 9.17) is 9.47 Å². The quantitative estimate of drug-likeness (QED) is 0.264. The molecule has 4 nitrogen and oxygen atoms in total. The highest BCUT2D eigenvalue weighted by Crippen LogP contribution is 2.15. The minimum Gasteiger partial charge on any atom is -0.497 e. The van der Waals surface area contributed by atoms with Crippen molar-refractivity contribution in [2.24, 2.45) is 0 Å². The van der Waals surface area contributed by atoms with E-state index in [0.29, 0.717) is 11.3 Å². The fourth-order valence-electron chi connectivity index (χ4n) is 1.45. The zero-order valence-electron chi connectivity index (χ0n) is 10.7. The van der Waals surface area contributed by atoms with Gasteiger partial charge in [-0.3, -0.25) is 4.79 Å². The molecule has 1 rings (SSSR count). The second-order valence-corrected chi connectivity index (χ2v) is 3.48. The van der Waals surface area contributed by atoms with E-state index in [2.05, 4.69) is 0 Å². The normalized spacial score (nSPS) is 10.9. The van der Waals surface area contributed by atoms with E-state index in [0.717, 1.165) is 0 Å². The molecule has 0 aliphatic carbocycles. The number of esters is 1. The molecule has 0 amide bonds. The molecule has 0 aliphatic rings. The molecule has 0 saturated carbocycles. The number of hydrogen-bond donors (Lipinski definition) is 0. The molecule has 0 aromatic heterocycles. The molecule has 0 aliphatic heterocycles. The summed E-state index contributed by atoms with van der Waals surface area (Å²) in [7, 11) is 1.55. The lowest BCUT2D eigenvalue weighted by Crippen LogP contribution is -2.16. The van der Waals surface area contributed by atoms with E-state index in [9.17, 15) is 9.59 Å². The van der Waals surface area contributed by atoms with Gasteiger partial charge in [0.1, 0.15) is 11.3 Å². The number of rotatable bonds is 5. The van der Waals surface area contributed by atoms with E-state index < -0.39 is 5.97 Å². The molecule has 96 valence electrons. The number of hydrogen-bond acceptors (Lipinski definition) is 4. The van der Waals surface area contributed by atoms with Crippen molar-refractivity contribution in [3.05, 3.63) is 41.5 Å². The summed E-state index contributed by atoms with van der Waals surface area (Å²) in [6.45, 7) is 3.57. The number of Topliss-reactive ketones (excluding diaryl/α,β-unsaturated/α-hetero) is 1. The third-order valence-corrected chi connectivity index (χ3v) is 2.38. The summed E-state index contributed by atoms with van der Waals surface area (Å²) in [5.41, 5.74) is 0.471. The van der Waals surface area contributed by atoms with Crippen LogP contribution >= 0.6 is 0 Å². The van der Waals surface area contributed by atoms with Gasteiger partial charge in [0.05, 0.1) is 13.7 Å². The number of carbonyl (C=O) groups excluding carboxylic acids is 2. The smallest absolute Gasteiger partial charge is 0.341 e. The molecule has 0 unspecified atom stereocenters. The molecule has 0 atom stereocenters. The molecule has 18 heavy (non-hydrogen) atoms. The lowest BCUT2D eigenvalue weighted by atomic mass is 10.0. The first-order valence-corrected chi connectivity index (χ1v) is 5.66. The topological polar surface area (TPSA) is 52.6 Å². The van der Waals surface area contributed by atoms with E-state index in [1.807, 2.05) is 0 Å². The third-order valence-electron chi connectivity index (χ3n) is 2.38. The van der Waals surface area contributed by atoms with Gasteiger partial charge in [-0.25, -0.2) is 4.79 Å². The molecule has 0 heterocycles. The van der Waals surface area contributed by atoms with Crippen LogP contribution in [0.1, 0.15) is 24.2 Å². The van der Waals surface area contributed by atoms with Crippen molar-refractivity contribution in [1.29, 1.82) is 0 Å². The summed E-state index contributed by atoms with van der Waals surface area (Å²) in [5, 5.41) is 0. The fourth-order valence-corrected chi connectivity index (χ4v) is 1.45. The van der Waals surface area contributed by atoms with Crippen molar-refractivity contribution in [2.75, 3.05) is 13.7 Å². The summed E-state index contributed by atoms with van der Waals surface area (Å²) >= 11 is 0. The van der Waals surface area contributed by atoms with Gasteiger partial charge >= 0.3 is 5.97 Å². The van der Waals surface area contributed by atoms with Crippen LogP contribution in [0.2, 0.25) is 0 Å². The zero-order valence-corrected chi connectivity index (χ0v) is 10.7. The predicted molar refractivity (Wildman–Crippen MR) is 67.7 cm³/mol. The summed E-state index contributed by atoms with van der Waals surface area (Å²) < 4.78 is 9.83. The van der Waals surface area contributed by atoms with Gasteiger partial charge < -0.3 is 9.47 Å². The number of methoxy groups -OCH3 is 1. The first-order chi connectivity index (χ1) is 8.63. The maximum Gasteiger partial charge on any atom is 0.341 e. The second kappa shape index (κ2) is 6.59. The van der Waals surface area contributed by atoms with Crippen molar-refractivity contribution in [3.8, 4) is 5.75 Å². The van der Waals surface area contributed by atoms with Gasteiger partial charge in [-0.2, -0.15) is 0 Å². The number of ether oxygens (including phenoxy) is 2. The van der Waals surface area contributed by atoms with Crippen molar-refractivity contribution >= 4 is 11.8 Å². The Hall–Kier alpha value is -2.10. The zero-order chi connectivity index (χ0) is 13.5. The van der Waals surface area contributed by atoms with Crippen molar-refractivity contribution in [3.63, 3.8) is 0 Å². The molecular weight excluding hydrogens is 232 g/mol. The Balaban J connectivity index is 2.93. The van der Waals surface area contributed by atoms with Crippen LogP contribution in [0.4, 0.5) is 0 Å². The number of allylic oxidation sites excluding steroid dienone is 1. The fraction of sp³-hybridized carbons (Fsp3) is 0.286. The molecule has 0 spiro atoms.